The second-order valence-electron chi connectivity index (χ2n) is 10.5. The highest BCUT2D eigenvalue weighted by atomic mass is 16.5. The van der Waals surface area contributed by atoms with Crippen molar-refractivity contribution in [2.45, 2.75) is 142 Å². The van der Waals surface area contributed by atoms with Crippen LogP contribution in [0.1, 0.15) is 141 Å². The molecule has 0 radical (unpaired) electrons. The van der Waals surface area contributed by atoms with Gasteiger partial charge >= 0.3 is 0 Å². The second-order valence-corrected chi connectivity index (χ2v) is 10.5. The largest absolute Gasteiger partial charge is 0.491 e. The Morgan fingerprint density at radius 3 is 1.36 bits per heavy atom. The molecule has 0 bridgehead atoms. The van der Waals surface area contributed by atoms with E-state index < -0.39 is 0 Å². The first-order valence-electron chi connectivity index (χ1n) is 15.7. The van der Waals surface area contributed by atoms with Crippen molar-refractivity contribution in [2.75, 3.05) is 33.0 Å². The van der Waals surface area contributed by atoms with Crippen molar-refractivity contribution < 1.29 is 14.2 Å². The highest BCUT2D eigenvalue weighted by Crippen LogP contribution is 2.15. The van der Waals surface area contributed by atoms with E-state index in [1.165, 1.54) is 134 Å². The summed E-state index contributed by atoms with van der Waals surface area (Å²) in [5.74, 6) is 0.934. The maximum Gasteiger partial charge on any atom is 0.119 e. The summed E-state index contributed by atoms with van der Waals surface area (Å²) < 4.78 is 17.1. The van der Waals surface area contributed by atoms with Crippen LogP contribution in [-0.2, 0) is 15.9 Å². The van der Waals surface area contributed by atoms with Crippen molar-refractivity contribution in [3.8, 4) is 5.75 Å². The fraction of sp³-hybridized carbons (Fsp3) is 0.818. The lowest BCUT2D eigenvalue weighted by Crippen LogP contribution is -2.11. The number of aryl methyl sites for hydroxylation is 1. The van der Waals surface area contributed by atoms with E-state index in [9.17, 15) is 0 Å². The normalized spacial score (nSPS) is 11.3. The van der Waals surface area contributed by atoms with Gasteiger partial charge in [-0.3, -0.25) is 0 Å². The zero-order valence-electron chi connectivity index (χ0n) is 24.2. The third-order valence-corrected chi connectivity index (χ3v) is 7.00. The summed E-state index contributed by atoms with van der Waals surface area (Å²) in [5, 5.41) is 0. The minimum atomic E-state index is 0.593. The molecule has 0 saturated carbocycles. The van der Waals surface area contributed by atoms with Gasteiger partial charge in [-0.2, -0.15) is 0 Å². The van der Waals surface area contributed by atoms with Gasteiger partial charge in [0.25, 0.3) is 0 Å². The molecule has 3 nitrogen and oxygen atoms in total. The van der Waals surface area contributed by atoms with E-state index in [-0.39, 0.29) is 0 Å². The second kappa shape index (κ2) is 27.0. The fourth-order valence-electron chi connectivity index (χ4n) is 4.62. The van der Waals surface area contributed by atoms with Crippen LogP contribution in [0.4, 0.5) is 0 Å². The van der Waals surface area contributed by atoms with Crippen LogP contribution in [0.5, 0.6) is 5.75 Å². The molecule has 1 aromatic carbocycles. The summed E-state index contributed by atoms with van der Waals surface area (Å²) in [6, 6.07) is 8.58. The SMILES string of the molecule is CCCCCCCCCCCCCCCOCCOCCOc1ccc(CCCCCCCC)cc1. The summed E-state index contributed by atoms with van der Waals surface area (Å²) in [5.41, 5.74) is 1.41. The highest BCUT2D eigenvalue weighted by Gasteiger charge is 1.98. The van der Waals surface area contributed by atoms with Crippen molar-refractivity contribution in [2.24, 2.45) is 0 Å². The van der Waals surface area contributed by atoms with Crippen LogP contribution in [0.3, 0.4) is 0 Å². The average Bonchev–Trinajstić information content (AvgIpc) is 2.90. The Morgan fingerprint density at radius 2 is 0.833 bits per heavy atom. The van der Waals surface area contributed by atoms with Crippen LogP contribution in [0, 0.1) is 0 Å². The molecule has 0 amide bonds. The fourth-order valence-corrected chi connectivity index (χ4v) is 4.62. The van der Waals surface area contributed by atoms with Gasteiger partial charge in [0.15, 0.2) is 0 Å². The third-order valence-electron chi connectivity index (χ3n) is 7.00. The highest BCUT2D eigenvalue weighted by molar-refractivity contribution is 5.27. The van der Waals surface area contributed by atoms with Crippen LogP contribution in [0.2, 0.25) is 0 Å². The molecule has 0 atom stereocenters. The Hall–Kier alpha value is -1.06. The first kappa shape index (κ1) is 33.0. The minimum absolute atomic E-state index is 0.593. The van der Waals surface area contributed by atoms with Crippen molar-refractivity contribution >= 4 is 0 Å². The molecule has 1 rings (SSSR count). The zero-order valence-corrected chi connectivity index (χ0v) is 24.2. The Kier molecular flexibility index (Phi) is 24.7. The third kappa shape index (κ3) is 22.2. The van der Waals surface area contributed by atoms with Crippen LogP contribution in [-0.4, -0.2) is 33.0 Å². The van der Waals surface area contributed by atoms with E-state index in [0.717, 1.165) is 12.4 Å². The molecular weight excluding hydrogens is 444 g/mol. The number of rotatable bonds is 28. The molecule has 0 aromatic heterocycles. The van der Waals surface area contributed by atoms with Crippen LogP contribution >= 0.6 is 0 Å². The molecule has 3 heteroatoms. The van der Waals surface area contributed by atoms with Gasteiger partial charge in [0.2, 0.25) is 0 Å². The number of unbranched alkanes of at least 4 members (excludes halogenated alkanes) is 17. The molecular formula is C33H60O3. The lowest BCUT2D eigenvalue weighted by molar-refractivity contribution is 0.0352. The Labute approximate surface area is 225 Å². The van der Waals surface area contributed by atoms with Gasteiger partial charge in [0.1, 0.15) is 12.4 Å². The van der Waals surface area contributed by atoms with Gasteiger partial charge in [-0.1, -0.05) is 135 Å². The number of benzene rings is 1. The van der Waals surface area contributed by atoms with Gasteiger partial charge < -0.3 is 14.2 Å². The van der Waals surface area contributed by atoms with Crippen LogP contribution in [0.25, 0.3) is 0 Å². The van der Waals surface area contributed by atoms with Gasteiger partial charge in [-0.05, 0) is 37.0 Å². The molecule has 0 fully saturated rings. The Balaban J connectivity index is 1.78. The molecule has 0 heterocycles. The first-order valence-corrected chi connectivity index (χ1v) is 15.7. The lowest BCUT2D eigenvalue weighted by atomic mass is 10.0. The van der Waals surface area contributed by atoms with E-state index in [1.54, 1.807) is 0 Å². The van der Waals surface area contributed by atoms with E-state index in [2.05, 4.69) is 38.1 Å². The predicted octanol–water partition coefficient (Wildman–Crippen LogP) is 10.1. The van der Waals surface area contributed by atoms with Gasteiger partial charge in [-0.25, -0.2) is 0 Å². The standard InChI is InChI=1S/C33H60O3/c1-3-5-7-9-11-12-13-14-15-16-17-19-21-27-34-28-29-35-30-31-36-33-25-23-32(24-26-33)22-20-18-10-8-6-4-2/h23-26H,3-22,27-31H2,1-2H3. The smallest absolute Gasteiger partial charge is 0.119 e. The lowest BCUT2D eigenvalue weighted by Gasteiger charge is -2.09. The predicted molar refractivity (Wildman–Crippen MR) is 156 cm³/mol. The van der Waals surface area contributed by atoms with Crippen molar-refractivity contribution in [1.29, 1.82) is 0 Å². The maximum absolute atomic E-state index is 5.80. The van der Waals surface area contributed by atoms with Gasteiger partial charge in [0, 0.05) is 6.61 Å². The summed E-state index contributed by atoms with van der Waals surface area (Å²) >= 11 is 0. The van der Waals surface area contributed by atoms with Crippen molar-refractivity contribution in [3.63, 3.8) is 0 Å². The zero-order chi connectivity index (χ0) is 25.8. The molecule has 0 spiro atoms. The summed E-state index contributed by atoms with van der Waals surface area (Å²) in [7, 11) is 0. The summed E-state index contributed by atoms with van der Waals surface area (Å²) in [6.07, 6.45) is 27.3. The molecule has 0 aliphatic carbocycles. The topological polar surface area (TPSA) is 27.7 Å². The van der Waals surface area contributed by atoms with Crippen LogP contribution < -0.4 is 4.74 Å². The number of hydrogen-bond donors (Lipinski definition) is 0. The molecule has 36 heavy (non-hydrogen) atoms. The Bertz CT molecular complexity index is 542. The molecule has 0 aliphatic rings. The van der Waals surface area contributed by atoms with Crippen molar-refractivity contribution in [1.82, 2.24) is 0 Å². The number of ether oxygens (including phenoxy) is 3. The molecule has 210 valence electrons. The molecule has 1 aromatic rings. The van der Waals surface area contributed by atoms with Gasteiger partial charge in [-0.15, -0.1) is 0 Å². The summed E-state index contributed by atoms with van der Waals surface area (Å²) in [6.45, 7) is 7.96. The van der Waals surface area contributed by atoms with E-state index in [4.69, 9.17) is 14.2 Å². The summed E-state index contributed by atoms with van der Waals surface area (Å²) in [4.78, 5) is 0. The van der Waals surface area contributed by atoms with Crippen molar-refractivity contribution in [3.05, 3.63) is 29.8 Å². The van der Waals surface area contributed by atoms with Gasteiger partial charge in [0.05, 0.1) is 19.8 Å². The average molecular weight is 505 g/mol. The quantitative estimate of drug-likeness (QED) is 0.106. The molecule has 0 unspecified atom stereocenters. The van der Waals surface area contributed by atoms with E-state index >= 15 is 0 Å². The Morgan fingerprint density at radius 1 is 0.417 bits per heavy atom. The maximum atomic E-state index is 5.80. The van der Waals surface area contributed by atoms with E-state index in [1.807, 2.05) is 0 Å². The minimum Gasteiger partial charge on any atom is -0.491 e. The number of hydrogen-bond acceptors (Lipinski definition) is 3. The van der Waals surface area contributed by atoms with Crippen LogP contribution in [0.15, 0.2) is 24.3 Å². The first-order chi connectivity index (χ1) is 17.9. The molecule has 0 aliphatic heterocycles. The monoisotopic (exact) mass is 504 g/mol. The van der Waals surface area contributed by atoms with E-state index in [0.29, 0.717) is 26.4 Å². The molecule has 0 N–H and O–H groups in total. The molecule has 0 saturated heterocycles.